The molecule has 1 aromatic rings. The zero-order valence-electron chi connectivity index (χ0n) is 14.3. The number of piperazine rings is 1. The van der Waals surface area contributed by atoms with Crippen molar-refractivity contribution < 1.29 is 22.8 Å². The van der Waals surface area contributed by atoms with Crippen molar-refractivity contribution in [1.82, 2.24) is 15.1 Å². The molecule has 8 heteroatoms. The lowest BCUT2D eigenvalue weighted by molar-refractivity contribution is -0.137. The van der Waals surface area contributed by atoms with Crippen molar-refractivity contribution in [1.29, 1.82) is 0 Å². The first-order valence-corrected chi connectivity index (χ1v) is 8.14. The van der Waals surface area contributed by atoms with Crippen molar-refractivity contribution >= 4 is 11.8 Å². The van der Waals surface area contributed by atoms with Gasteiger partial charge in [0.15, 0.2) is 0 Å². The fourth-order valence-corrected chi connectivity index (χ4v) is 2.82. The molecule has 1 saturated heterocycles. The fourth-order valence-electron chi connectivity index (χ4n) is 2.82. The molecule has 0 bridgehead atoms. The molecule has 25 heavy (non-hydrogen) atoms. The molecule has 0 aromatic heterocycles. The number of rotatable bonds is 4. The van der Waals surface area contributed by atoms with Gasteiger partial charge in [-0.2, -0.15) is 13.2 Å². The lowest BCUT2D eigenvalue weighted by Gasteiger charge is -2.36. The molecule has 2 amide bonds. The highest BCUT2D eigenvalue weighted by Gasteiger charge is 2.31. The Kier molecular flexibility index (Phi) is 6.05. The number of alkyl halides is 3. The van der Waals surface area contributed by atoms with Gasteiger partial charge in [0.25, 0.3) is 5.91 Å². The predicted octanol–water partition coefficient (Wildman–Crippen LogP) is 1.85. The minimum Gasteiger partial charge on any atom is -0.339 e. The average Bonchev–Trinajstić information content (AvgIpc) is 2.60. The van der Waals surface area contributed by atoms with E-state index in [1.165, 1.54) is 12.1 Å². The molecule has 1 heterocycles. The number of hydrogen-bond acceptors (Lipinski definition) is 3. The monoisotopic (exact) mass is 357 g/mol. The summed E-state index contributed by atoms with van der Waals surface area (Å²) in [4.78, 5) is 27.9. The molecule has 5 nitrogen and oxygen atoms in total. The minimum atomic E-state index is -4.42. The van der Waals surface area contributed by atoms with E-state index in [9.17, 15) is 22.8 Å². The molecule has 138 valence electrons. The molecule has 1 unspecified atom stereocenters. The third kappa shape index (κ3) is 4.72. The molecule has 1 aliphatic heterocycles. The van der Waals surface area contributed by atoms with Crippen molar-refractivity contribution in [2.75, 3.05) is 39.8 Å². The van der Waals surface area contributed by atoms with Crippen molar-refractivity contribution in [3.05, 3.63) is 35.4 Å². The van der Waals surface area contributed by atoms with Gasteiger partial charge in [-0.05, 0) is 31.3 Å². The van der Waals surface area contributed by atoms with Crippen LogP contribution in [0.25, 0.3) is 0 Å². The molecule has 0 aliphatic carbocycles. The third-order valence-corrected chi connectivity index (χ3v) is 4.27. The predicted molar refractivity (Wildman–Crippen MR) is 87.0 cm³/mol. The van der Waals surface area contributed by atoms with Crippen LogP contribution in [0.4, 0.5) is 13.2 Å². The van der Waals surface area contributed by atoms with E-state index in [1.807, 2.05) is 6.92 Å². The smallest absolute Gasteiger partial charge is 0.339 e. The number of benzene rings is 1. The Bertz CT molecular complexity index is 609. The highest BCUT2D eigenvalue weighted by atomic mass is 19.4. The third-order valence-electron chi connectivity index (χ3n) is 4.27. The number of carbonyl (C=O) groups is 2. The summed E-state index contributed by atoms with van der Waals surface area (Å²) in [6.45, 7) is 4.04. The summed E-state index contributed by atoms with van der Waals surface area (Å²) in [7, 11) is 1.78. The second-order valence-corrected chi connectivity index (χ2v) is 6.15. The molecule has 1 N–H and O–H groups in total. The molecule has 0 saturated carbocycles. The molecule has 1 fully saturated rings. The van der Waals surface area contributed by atoms with Gasteiger partial charge >= 0.3 is 6.18 Å². The van der Waals surface area contributed by atoms with Gasteiger partial charge < -0.3 is 15.1 Å². The maximum absolute atomic E-state index is 12.6. The molecule has 2 rings (SSSR count). The van der Waals surface area contributed by atoms with E-state index in [4.69, 9.17) is 0 Å². The van der Waals surface area contributed by atoms with Crippen LogP contribution in [-0.2, 0) is 11.0 Å². The summed E-state index contributed by atoms with van der Waals surface area (Å²) in [6, 6.07) is 4.20. The van der Waals surface area contributed by atoms with Gasteiger partial charge in [-0.3, -0.25) is 9.59 Å². The summed E-state index contributed by atoms with van der Waals surface area (Å²) in [5.41, 5.74) is -0.561. The molecule has 1 aliphatic rings. The van der Waals surface area contributed by atoms with Gasteiger partial charge in [-0.15, -0.1) is 0 Å². The Hall–Kier alpha value is -2.09. The van der Waals surface area contributed by atoms with E-state index in [-0.39, 0.29) is 23.3 Å². The number of nitrogens with one attached hydrogen (secondary N) is 1. The quantitative estimate of drug-likeness (QED) is 0.895. The highest BCUT2D eigenvalue weighted by molar-refractivity contribution is 5.94. The summed E-state index contributed by atoms with van der Waals surface area (Å²) in [5, 5.41) is 2.96. The first kappa shape index (κ1) is 19.2. The van der Waals surface area contributed by atoms with Gasteiger partial charge in [-0.1, -0.05) is 6.92 Å². The lowest BCUT2D eigenvalue weighted by atomic mass is 10.1. The first-order valence-electron chi connectivity index (χ1n) is 8.14. The largest absolute Gasteiger partial charge is 0.416 e. The summed E-state index contributed by atoms with van der Waals surface area (Å²) in [6.07, 6.45) is -4.42. The number of amides is 2. The average molecular weight is 357 g/mol. The van der Waals surface area contributed by atoms with Crippen LogP contribution >= 0.6 is 0 Å². The van der Waals surface area contributed by atoms with E-state index in [1.54, 1.807) is 16.8 Å². The zero-order valence-corrected chi connectivity index (χ0v) is 14.3. The second kappa shape index (κ2) is 7.86. The maximum Gasteiger partial charge on any atom is 0.416 e. The summed E-state index contributed by atoms with van der Waals surface area (Å²) < 4.78 is 37.7. The van der Waals surface area contributed by atoms with Crippen LogP contribution in [-0.4, -0.2) is 61.4 Å². The zero-order chi connectivity index (χ0) is 18.6. The lowest BCUT2D eigenvalue weighted by Crippen LogP contribution is -2.52. The second-order valence-electron chi connectivity index (χ2n) is 6.15. The SMILES string of the molecule is CNCC(C)C(=O)N1CCN(C(=O)c2ccc(C(F)(F)F)cc2)CC1. The van der Waals surface area contributed by atoms with Crippen molar-refractivity contribution in [2.24, 2.45) is 5.92 Å². The van der Waals surface area contributed by atoms with Crippen LogP contribution in [0.5, 0.6) is 0 Å². The van der Waals surface area contributed by atoms with Crippen molar-refractivity contribution in [3.8, 4) is 0 Å². The molecular weight excluding hydrogens is 335 g/mol. The molecule has 0 radical (unpaired) electrons. The van der Waals surface area contributed by atoms with Crippen LogP contribution in [0.2, 0.25) is 0 Å². The summed E-state index contributed by atoms with van der Waals surface area (Å²) in [5.74, 6) is -0.415. The number of hydrogen-bond donors (Lipinski definition) is 1. The topological polar surface area (TPSA) is 52.7 Å². The Morgan fingerprint density at radius 2 is 1.60 bits per heavy atom. The van der Waals surface area contributed by atoms with E-state index in [0.717, 1.165) is 12.1 Å². The van der Waals surface area contributed by atoms with Crippen LogP contribution in [0, 0.1) is 5.92 Å². The maximum atomic E-state index is 12.6. The van der Waals surface area contributed by atoms with E-state index < -0.39 is 11.7 Å². The molecule has 1 atom stereocenters. The molecule has 0 spiro atoms. The van der Waals surface area contributed by atoms with Crippen LogP contribution in [0.1, 0.15) is 22.8 Å². The highest BCUT2D eigenvalue weighted by Crippen LogP contribution is 2.29. The van der Waals surface area contributed by atoms with Crippen LogP contribution in [0.3, 0.4) is 0 Å². The van der Waals surface area contributed by atoms with Gasteiger partial charge in [0.05, 0.1) is 5.56 Å². The normalized spacial score (nSPS) is 16.7. The van der Waals surface area contributed by atoms with Crippen molar-refractivity contribution in [3.63, 3.8) is 0 Å². The van der Waals surface area contributed by atoms with Crippen LogP contribution in [0.15, 0.2) is 24.3 Å². The van der Waals surface area contributed by atoms with E-state index in [0.29, 0.717) is 32.7 Å². The molecular formula is C17H22F3N3O2. The van der Waals surface area contributed by atoms with Gasteiger partial charge in [0.1, 0.15) is 0 Å². The van der Waals surface area contributed by atoms with E-state index >= 15 is 0 Å². The number of halogens is 3. The minimum absolute atomic E-state index is 0.0379. The van der Waals surface area contributed by atoms with Gasteiger partial charge in [-0.25, -0.2) is 0 Å². The van der Waals surface area contributed by atoms with Gasteiger partial charge in [0, 0.05) is 44.2 Å². The first-order chi connectivity index (χ1) is 11.7. The van der Waals surface area contributed by atoms with Crippen molar-refractivity contribution in [2.45, 2.75) is 13.1 Å². The van der Waals surface area contributed by atoms with Crippen LogP contribution < -0.4 is 5.32 Å². The van der Waals surface area contributed by atoms with E-state index in [2.05, 4.69) is 5.32 Å². The summed E-state index contributed by atoms with van der Waals surface area (Å²) >= 11 is 0. The number of nitrogens with zero attached hydrogens (tertiary/aromatic N) is 2. The standard InChI is InChI=1S/C17H22F3N3O2/c1-12(11-21-2)15(24)22-7-9-23(10-8-22)16(25)13-3-5-14(6-4-13)17(18,19)20/h3-6,12,21H,7-11H2,1-2H3. The number of carbonyl (C=O) groups excluding carboxylic acids is 2. The Labute approximate surface area is 144 Å². The molecule has 1 aromatic carbocycles. The Morgan fingerprint density at radius 3 is 2.08 bits per heavy atom. The van der Waals surface area contributed by atoms with Gasteiger partial charge in [0.2, 0.25) is 5.91 Å². The Morgan fingerprint density at radius 1 is 1.08 bits per heavy atom. The fraction of sp³-hybridized carbons (Fsp3) is 0.529. The Balaban J connectivity index is 1.94.